The molecule has 8 heteroatoms. The largest absolute Gasteiger partial charge is 0.481 e. The number of likely N-dealkylation sites (N-methyl/N-ethyl adjacent to an activating group) is 1. The summed E-state index contributed by atoms with van der Waals surface area (Å²) in [7, 11) is 5.10. The van der Waals surface area contributed by atoms with Crippen molar-refractivity contribution < 1.29 is 14.3 Å². The van der Waals surface area contributed by atoms with E-state index in [-0.39, 0.29) is 36.7 Å². The SMILES string of the molecule is COc1cccc(CC(=O)N[C@@H]2CC(=O)N(C)[C@H]2c2ccnn2C)n1. The van der Waals surface area contributed by atoms with Crippen LogP contribution >= 0.6 is 0 Å². The van der Waals surface area contributed by atoms with Crippen molar-refractivity contribution in [1.82, 2.24) is 25.0 Å². The third-order valence-corrected chi connectivity index (χ3v) is 4.43. The molecule has 1 aliphatic rings. The molecule has 0 aromatic carbocycles. The lowest BCUT2D eigenvalue weighted by atomic mass is 10.1. The number of nitrogens with one attached hydrogen (secondary N) is 1. The lowest BCUT2D eigenvalue weighted by molar-refractivity contribution is -0.127. The minimum Gasteiger partial charge on any atom is -0.481 e. The summed E-state index contributed by atoms with van der Waals surface area (Å²) in [5, 5.41) is 7.13. The van der Waals surface area contributed by atoms with Gasteiger partial charge in [0.2, 0.25) is 17.7 Å². The molecule has 25 heavy (non-hydrogen) atoms. The number of nitrogens with zero attached hydrogens (tertiary/aromatic N) is 4. The summed E-state index contributed by atoms with van der Waals surface area (Å²) in [6.45, 7) is 0. The molecular weight excluding hydrogens is 322 g/mol. The Morgan fingerprint density at radius 3 is 2.84 bits per heavy atom. The van der Waals surface area contributed by atoms with Crippen molar-refractivity contribution in [2.45, 2.75) is 24.9 Å². The van der Waals surface area contributed by atoms with Crippen molar-refractivity contribution in [3.8, 4) is 5.88 Å². The molecule has 2 amide bonds. The average Bonchev–Trinajstić information content (AvgIpc) is 3.11. The second-order valence-corrected chi connectivity index (χ2v) is 6.06. The molecule has 0 bridgehead atoms. The second-order valence-electron chi connectivity index (χ2n) is 6.06. The van der Waals surface area contributed by atoms with Crippen molar-refractivity contribution >= 4 is 11.8 Å². The normalized spacial score (nSPS) is 20.0. The van der Waals surface area contributed by atoms with Gasteiger partial charge in [0, 0.05) is 32.8 Å². The molecule has 3 heterocycles. The number of hydrogen-bond acceptors (Lipinski definition) is 5. The highest BCUT2D eigenvalue weighted by Crippen LogP contribution is 2.31. The standard InChI is InChI=1S/C17H21N5O3/c1-21-16(24)10-12(17(21)13-7-8-18-22(13)2)20-14(23)9-11-5-4-6-15(19-11)25-3/h4-8,12,17H,9-10H2,1-3H3,(H,20,23)/t12-,17-/m1/s1. The fourth-order valence-corrected chi connectivity index (χ4v) is 3.17. The Kier molecular flexibility index (Phi) is 4.69. The predicted molar refractivity (Wildman–Crippen MR) is 89.8 cm³/mol. The van der Waals surface area contributed by atoms with E-state index in [1.165, 1.54) is 7.11 Å². The lowest BCUT2D eigenvalue weighted by Gasteiger charge is -2.25. The Hall–Kier alpha value is -2.90. The van der Waals surface area contributed by atoms with E-state index in [9.17, 15) is 9.59 Å². The van der Waals surface area contributed by atoms with Gasteiger partial charge in [0.25, 0.3) is 0 Å². The molecule has 2 atom stereocenters. The van der Waals surface area contributed by atoms with Crippen LogP contribution in [0.5, 0.6) is 5.88 Å². The summed E-state index contributed by atoms with van der Waals surface area (Å²) in [5.41, 5.74) is 1.50. The molecule has 0 saturated carbocycles. The van der Waals surface area contributed by atoms with Crippen LogP contribution in [0.4, 0.5) is 0 Å². The first-order chi connectivity index (χ1) is 12.0. The third-order valence-electron chi connectivity index (χ3n) is 4.43. The number of rotatable bonds is 5. The zero-order valence-corrected chi connectivity index (χ0v) is 14.5. The Labute approximate surface area is 145 Å². The van der Waals surface area contributed by atoms with Gasteiger partial charge in [-0.3, -0.25) is 14.3 Å². The van der Waals surface area contributed by atoms with Gasteiger partial charge in [0.1, 0.15) is 0 Å². The second kappa shape index (κ2) is 6.92. The van der Waals surface area contributed by atoms with Crippen molar-refractivity contribution in [2.75, 3.05) is 14.2 Å². The monoisotopic (exact) mass is 343 g/mol. The highest BCUT2D eigenvalue weighted by atomic mass is 16.5. The maximum Gasteiger partial charge on any atom is 0.226 e. The molecule has 8 nitrogen and oxygen atoms in total. The van der Waals surface area contributed by atoms with Crippen LogP contribution in [0, 0.1) is 0 Å². The number of aromatic nitrogens is 3. The topological polar surface area (TPSA) is 89.4 Å². The minimum atomic E-state index is -0.300. The van der Waals surface area contributed by atoms with E-state index in [1.54, 1.807) is 41.0 Å². The van der Waals surface area contributed by atoms with Crippen molar-refractivity contribution in [3.63, 3.8) is 0 Å². The summed E-state index contributed by atoms with van der Waals surface area (Å²) < 4.78 is 6.80. The number of carbonyl (C=O) groups excluding carboxylic acids is 2. The van der Waals surface area contributed by atoms with Crippen molar-refractivity contribution in [1.29, 1.82) is 0 Å². The maximum atomic E-state index is 12.4. The molecular formula is C17H21N5O3. The highest BCUT2D eigenvalue weighted by Gasteiger charge is 2.40. The quantitative estimate of drug-likeness (QED) is 0.852. The smallest absolute Gasteiger partial charge is 0.226 e. The fraction of sp³-hybridized carbons (Fsp3) is 0.412. The van der Waals surface area contributed by atoms with E-state index in [0.29, 0.717) is 11.6 Å². The van der Waals surface area contributed by atoms with Gasteiger partial charge in [-0.25, -0.2) is 4.98 Å². The van der Waals surface area contributed by atoms with E-state index in [2.05, 4.69) is 15.4 Å². The number of ether oxygens (including phenoxy) is 1. The van der Waals surface area contributed by atoms with E-state index in [1.807, 2.05) is 13.1 Å². The molecule has 3 rings (SSSR count). The molecule has 0 aliphatic carbocycles. The van der Waals surface area contributed by atoms with Gasteiger partial charge < -0.3 is 15.0 Å². The van der Waals surface area contributed by atoms with Crippen LogP contribution in [0.15, 0.2) is 30.5 Å². The summed E-state index contributed by atoms with van der Waals surface area (Å²) in [6, 6.07) is 6.62. The molecule has 0 radical (unpaired) electrons. The number of carbonyl (C=O) groups is 2. The van der Waals surface area contributed by atoms with E-state index in [0.717, 1.165) is 5.69 Å². The number of pyridine rings is 1. The predicted octanol–water partition coefficient (Wildman–Crippen LogP) is 0.454. The molecule has 0 unspecified atom stereocenters. The number of aryl methyl sites for hydroxylation is 1. The lowest BCUT2D eigenvalue weighted by Crippen LogP contribution is -2.40. The minimum absolute atomic E-state index is 0.00370. The average molecular weight is 343 g/mol. The van der Waals surface area contributed by atoms with Crippen LogP contribution in [0.2, 0.25) is 0 Å². The van der Waals surface area contributed by atoms with Gasteiger partial charge in [-0.15, -0.1) is 0 Å². The molecule has 2 aromatic rings. The van der Waals surface area contributed by atoms with Crippen LogP contribution in [-0.4, -0.2) is 51.7 Å². The Morgan fingerprint density at radius 2 is 2.16 bits per heavy atom. The maximum absolute atomic E-state index is 12.4. The first-order valence-electron chi connectivity index (χ1n) is 8.02. The number of likely N-dealkylation sites (tertiary alicyclic amines) is 1. The van der Waals surface area contributed by atoms with Gasteiger partial charge in [0.05, 0.1) is 37.0 Å². The van der Waals surface area contributed by atoms with Crippen LogP contribution in [0.3, 0.4) is 0 Å². The van der Waals surface area contributed by atoms with Crippen LogP contribution in [-0.2, 0) is 23.1 Å². The number of amides is 2. The molecule has 1 saturated heterocycles. The Balaban J connectivity index is 1.73. The first-order valence-corrected chi connectivity index (χ1v) is 8.02. The molecule has 0 spiro atoms. The zero-order chi connectivity index (χ0) is 18.0. The summed E-state index contributed by atoms with van der Waals surface area (Å²) in [6.07, 6.45) is 2.08. The van der Waals surface area contributed by atoms with Gasteiger partial charge >= 0.3 is 0 Å². The third kappa shape index (κ3) is 3.47. The number of hydrogen-bond donors (Lipinski definition) is 1. The van der Waals surface area contributed by atoms with Crippen LogP contribution < -0.4 is 10.1 Å². The molecule has 2 aromatic heterocycles. The van der Waals surface area contributed by atoms with Gasteiger partial charge in [-0.05, 0) is 12.1 Å². The van der Waals surface area contributed by atoms with Crippen molar-refractivity contribution in [2.24, 2.45) is 7.05 Å². The summed E-state index contributed by atoms with van der Waals surface area (Å²) >= 11 is 0. The Morgan fingerprint density at radius 1 is 1.36 bits per heavy atom. The number of methoxy groups -OCH3 is 1. The van der Waals surface area contributed by atoms with E-state index >= 15 is 0 Å². The van der Waals surface area contributed by atoms with Gasteiger partial charge in [-0.1, -0.05) is 6.07 Å². The first kappa shape index (κ1) is 16.9. The van der Waals surface area contributed by atoms with E-state index in [4.69, 9.17) is 4.74 Å². The molecule has 1 N–H and O–H groups in total. The molecule has 1 aliphatic heterocycles. The van der Waals surface area contributed by atoms with E-state index < -0.39 is 0 Å². The summed E-state index contributed by atoms with van der Waals surface area (Å²) in [4.78, 5) is 30.5. The Bertz CT molecular complexity index is 788. The zero-order valence-electron chi connectivity index (χ0n) is 14.5. The van der Waals surface area contributed by atoms with Crippen molar-refractivity contribution in [3.05, 3.63) is 41.9 Å². The van der Waals surface area contributed by atoms with Crippen LogP contribution in [0.1, 0.15) is 23.9 Å². The van der Waals surface area contributed by atoms with Gasteiger partial charge in [0.15, 0.2) is 0 Å². The molecule has 1 fully saturated rings. The molecule has 132 valence electrons. The van der Waals surface area contributed by atoms with Crippen LogP contribution in [0.25, 0.3) is 0 Å². The van der Waals surface area contributed by atoms with Gasteiger partial charge in [-0.2, -0.15) is 5.10 Å². The summed E-state index contributed by atoms with van der Waals surface area (Å²) in [5.74, 6) is 0.283. The fourth-order valence-electron chi connectivity index (χ4n) is 3.17. The highest BCUT2D eigenvalue weighted by molar-refractivity contribution is 5.83.